The minimum atomic E-state index is -0.197. The largest absolute Gasteiger partial charge is 0.309 e. The van der Waals surface area contributed by atoms with Crippen LogP contribution in [0, 0.1) is 11.8 Å². The van der Waals surface area contributed by atoms with E-state index < -0.39 is 0 Å². The first-order valence-electron chi connectivity index (χ1n) is 7.76. The van der Waals surface area contributed by atoms with Crippen LogP contribution in [0.1, 0.15) is 25.7 Å². The zero-order chi connectivity index (χ0) is 15.7. The molecule has 2 aliphatic heterocycles. The summed E-state index contributed by atoms with van der Waals surface area (Å²) in [5.74, 6) is 0.473. The highest BCUT2D eigenvalue weighted by Gasteiger charge is 2.30. The predicted molar refractivity (Wildman–Crippen MR) is 81.3 cm³/mol. The van der Waals surface area contributed by atoms with Crippen LogP contribution in [0.4, 0.5) is 0 Å². The van der Waals surface area contributed by atoms with Gasteiger partial charge in [-0.15, -0.1) is 0 Å². The zero-order valence-corrected chi connectivity index (χ0v) is 12.5. The van der Waals surface area contributed by atoms with Crippen molar-refractivity contribution in [3.05, 3.63) is 36.6 Å². The van der Waals surface area contributed by atoms with Gasteiger partial charge in [0, 0.05) is 37.0 Å². The van der Waals surface area contributed by atoms with Crippen LogP contribution in [0.25, 0.3) is 0 Å². The first kappa shape index (κ1) is 14.8. The van der Waals surface area contributed by atoms with Gasteiger partial charge < -0.3 is 4.90 Å². The Labute approximate surface area is 129 Å². The molecule has 0 spiro atoms. The van der Waals surface area contributed by atoms with Crippen LogP contribution in [0.3, 0.4) is 0 Å². The third kappa shape index (κ3) is 2.89. The summed E-state index contributed by atoms with van der Waals surface area (Å²) in [4.78, 5) is 38.0. The standard InChI is InChI=1S/C17H20N2O3/c1-12-2-7-15(20)18(12)10-13-3-5-14(6-4-13)11-19-16(21)8-9-17(19)22/h2,7-9,13-14H,1,3-6,10-11H2. The lowest BCUT2D eigenvalue weighted by Crippen LogP contribution is -2.37. The maximum absolute atomic E-state index is 11.7. The second-order valence-electron chi connectivity index (χ2n) is 6.28. The first-order chi connectivity index (χ1) is 10.5. The molecule has 3 amide bonds. The molecule has 2 heterocycles. The van der Waals surface area contributed by atoms with Crippen LogP contribution in [0.15, 0.2) is 36.6 Å². The minimum absolute atomic E-state index is 0.0199. The monoisotopic (exact) mass is 300 g/mol. The summed E-state index contributed by atoms with van der Waals surface area (Å²) in [6.45, 7) is 5.13. The van der Waals surface area contributed by atoms with Gasteiger partial charge in [-0.3, -0.25) is 19.3 Å². The van der Waals surface area contributed by atoms with Gasteiger partial charge in [0.15, 0.2) is 0 Å². The SMILES string of the molecule is C=C1C=CC(=O)N1CC1CCC(CN2C(=O)C=CC2=O)CC1. The molecule has 0 bridgehead atoms. The molecular formula is C17H20N2O3. The van der Waals surface area contributed by atoms with Crippen LogP contribution in [0.2, 0.25) is 0 Å². The van der Waals surface area contributed by atoms with Crippen molar-refractivity contribution >= 4 is 17.7 Å². The van der Waals surface area contributed by atoms with Gasteiger partial charge in [-0.25, -0.2) is 0 Å². The van der Waals surface area contributed by atoms with E-state index in [1.165, 1.54) is 17.1 Å². The highest BCUT2D eigenvalue weighted by molar-refractivity contribution is 6.12. The number of carbonyl (C=O) groups excluding carboxylic acids is 3. The number of allylic oxidation sites excluding steroid dienone is 1. The van der Waals surface area contributed by atoms with E-state index in [0.717, 1.165) is 37.9 Å². The summed E-state index contributed by atoms with van der Waals surface area (Å²) < 4.78 is 0. The van der Waals surface area contributed by atoms with Crippen molar-refractivity contribution in [3.63, 3.8) is 0 Å². The number of amides is 3. The van der Waals surface area contributed by atoms with Gasteiger partial charge >= 0.3 is 0 Å². The van der Waals surface area contributed by atoms with Crippen molar-refractivity contribution in [3.8, 4) is 0 Å². The van der Waals surface area contributed by atoms with Crippen molar-refractivity contribution in [1.82, 2.24) is 9.80 Å². The molecule has 3 aliphatic rings. The maximum atomic E-state index is 11.7. The Hall–Kier alpha value is -2.17. The van der Waals surface area contributed by atoms with E-state index in [2.05, 4.69) is 6.58 Å². The quantitative estimate of drug-likeness (QED) is 0.742. The average molecular weight is 300 g/mol. The third-order valence-corrected chi connectivity index (χ3v) is 4.78. The van der Waals surface area contributed by atoms with Crippen LogP contribution < -0.4 is 0 Å². The Balaban J connectivity index is 1.47. The molecule has 1 fully saturated rings. The molecule has 0 N–H and O–H groups in total. The summed E-state index contributed by atoms with van der Waals surface area (Å²) in [5, 5.41) is 0. The molecule has 0 saturated heterocycles. The summed E-state index contributed by atoms with van der Waals surface area (Å²) >= 11 is 0. The molecule has 22 heavy (non-hydrogen) atoms. The van der Waals surface area contributed by atoms with E-state index in [1.54, 1.807) is 17.1 Å². The Morgan fingerprint density at radius 3 is 1.64 bits per heavy atom. The second kappa shape index (κ2) is 5.91. The van der Waals surface area contributed by atoms with Gasteiger partial charge in [-0.2, -0.15) is 0 Å². The van der Waals surface area contributed by atoms with E-state index in [0.29, 0.717) is 18.4 Å². The molecule has 1 saturated carbocycles. The molecule has 0 atom stereocenters. The second-order valence-corrected chi connectivity index (χ2v) is 6.28. The van der Waals surface area contributed by atoms with Crippen LogP contribution in [-0.2, 0) is 14.4 Å². The minimum Gasteiger partial charge on any atom is -0.309 e. The Morgan fingerprint density at radius 2 is 1.18 bits per heavy atom. The van der Waals surface area contributed by atoms with Gasteiger partial charge in [0.25, 0.3) is 17.7 Å². The van der Waals surface area contributed by atoms with Crippen molar-refractivity contribution in [2.24, 2.45) is 11.8 Å². The molecule has 0 aromatic heterocycles. The molecule has 3 rings (SSSR count). The van der Waals surface area contributed by atoms with Gasteiger partial charge in [-0.1, -0.05) is 6.58 Å². The topological polar surface area (TPSA) is 57.7 Å². The van der Waals surface area contributed by atoms with Crippen LogP contribution in [-0.4, -0.2) is 40.6 Å². The number of imide groups is 1. The van der Waals surface area contributed by atoms with Crippen molar-refractivity contribution in [2.75, 3.05) is 13.1 Å². The molecule has 1 aliphatic carbocycles. The fourth-order valence-corrected chi connectivity index (χ4v) is 3.42. The van der Waals surface area contributed by atoms with Crippen molar-refractivity contribution < 1.29 is 14.4 Å². The Morgan fingerprint density at radius 1 is 0.773 bits per heavy atom. The van der Waals surface area contributed by atoms with E-state index in [1.807, 2.05) is 0 Å². The molecule has 0 radical (unpaired) electrons. The molecule has 0 aromatic carbocycles. The zero-order valence-electron chi connectivity index (χ0n) is 12.5. The summed E-state index contributed by atoms with van der Waals surface area (Å²) in [7, 11) is 0. The first-order valence-corrected chi connectivity index (χ1v) is 7.76. The van der Waals surface area contributed by atoms with E-state index in [-0.39, 0.29) is 17.7 Å². The lowest BCUT2D eigenvalue weighted by Gasteiger charge is -2.32. The fraction of sp³-hybridized carbons (Fsp3) is 0.471. The number of rotatable bonds is 4. The highest BCUT2D eigenvalue weighted by Crippen LogP contribution is 2.31. The van der Waals surface area contributed by atoms with E-state index >= 15 is 0 Å². The van der Waals surface area contributed by atoms with Gasteiger partial charge in [0.2, 0.25) is 0 Å². The molecule has 116 valence electrons. The van der Waals surface area contributed by atoms with Gasteiger partial charge in [0.05, 0.1) is 0 Å². The van der Waals surface area contributed by atoms with E-state index in [9.17, 15) is 14.4 Å². The Bertz CT molecular complexity index is 495. The van der Waals surface area contributed by atoms with Crippen molar-refractivity contribution in [1.29, 1.82) is 0 Å². The molecule has 5 heteroatoms. The lowest BCUT2D eigenvalue weighted by molar-refractivity contribution is -0.137. The summed E-state index contributed by atoms with van der Waals surface area (Å²) in [6.07, 6.45) is 10.0. The van der Waals surface area contributed by atoms with Crippen molar-refractivity contribution in [2.45, 2.75) is 25.7 Å². The number of hydrogen-bond acceptors (Lipinski definition) is 3. The molecule has 0 unspecified atom stereocenters. The third-order valence-electron chi connectivity index (χ3n) is 4.78. The van der Waals surface area contributed by atoms with E-state index in [4.69, 9.17) is 0 Å². The van der Waals surface area contributed by atoms with Crippen LogP contribution >= 0.6 is 0 Å². The smallest absolute Gasteiger partial charge is 0.253 e. The lowest BCUT2D eigenvalue weighted by atomic mass is 9.81. The maximum Gasteiger partial charge on any atom is 0.253 e. The summed E-state index contributed by atoms with van der Waals surface area (Å²) in [5.41, 5.74) is 0.770. The molecule has 0 aromatic rings. The predicted octanol–water partition coefficient (Wildman–Crippen LogP) is 1.63. The van der Waals surface area contributed by atoms with Gasteiger partial charge in [0.1, 0.15) is 0 Å². The summed E-state index contributed by atoms with van der Waals surface area (Å²) in [6, 6.07) is 0. The number of hydrogen-bond donors (Lipinski definition) is 0. The average Bonchev–Trinajstić information content (AvgIpc) is 2.99. The fourth-order valence-electron chi connectivity index (χ4n) is 3.42. The molecule has 5 nitrogen and oxygen atoms in total. The normalized spacial score (nSPS) is 28.4. The Kier molecular flexibility index (Phi) is 3.96. The number of carbonyl (C=O) groups is 3. The number of nitrogens with zero attached hydrogens (tertiary/aromatic N) is 2. The van der Waals surface area contributed by atoms with Crippen LogP contribution in [0.5, 0.6) is 0 Å². The van der Waals surface area contributed by atoms with Gasteiger partial charge in [-0.05, 0) is 43.6 Å². The highest BCUT2D eigenvalue weighted by atomic mass is 16.2. The molecular weight excluding hydrogens is 280 g/mol.